The van der Waals surface area contributed by atoms with E-state index in [1.165, 1.54) is 16.4 Å². The van der Waals surface area contributed by atoms with Crippen LogP contribution in [0.2, 0.25) is 0 Å². The molecule has 3 N–H and O–H groups in total. The number of nitrogens with two attached hydrogens (primary N) is 1. The monoisotopic (exact) mass is 312 g/mol. The normalized spacial score (nSPS) is 17.8. The van der Waals surface area contributed by atoms with Crippen LogP contribution in [0, 0.1) is 0 Å². The predicted molar refractivity (Wildman–Crippen MR) is 78.7 cm³/mol. The highest BCUT2D eigenvalue weighted by Crippen LogP contribution is 2.25. The molecule has 0 unspecified atom stereocenters. The molecule has 116 valence electrons. The van der Waals surface area contributed by atoms with Crippen LogP contribution in [0.5, 0.6) is 0 Å². The molecule has 7 heteroatoms. The summed E-state index contributed by atoms with van der Waals surface area (Å²) >= 11 is 0. The number of hydrogen-bond donors (Lipinski definition) is 2. The van der Waals surface area contributed by atoms with Crippen molar-refractivity contribution < 1.29 is 18.3 Å². The molecular weight excluding hydrogens is 292 g/mol. The van der Waals surface area contributed by atoms with Gasteiger partial charge in [-0.1, -0.05) is 13.0 Å². The fourth-order valence-electron chi connectivity index (χ4n) is 2.48. The van der Waals surface area contributed by atoms with E-state index in [4.69, 9.17) is 10.8 Å². The topological polar surface area (TPSA) is 101 Å². The Bertz CT molecular complexity index is 634. The number of hydrogen-bond acceptors (Lipinski definition) is 4. The maximum absolute atomic E-state index is 12.7. The van der Waals surface area contributed by atoms with Crippen molar-refractivity contribution in [2.45, 2.75) is 37.1 Å². The predicted octanol–water partition coefficient (Wildman–Crippen LogP) is 1.06. The highest BCUT2D eigenvalue weighted by Gasteiger charge is 2.30. The van der Waals surface area contributed by atoms with Crippen LogP contribution in [0.15, 0.2) is 23.1 Å². The van der Waals surface area contributed by atoms with Crippen molar-refractivity contribution in [1.82, 2.24) is 4.31 Å². The molecule has 1 aromatic carbocycles. The molecule has 1 aliphatic rings. The number of benzene rings is 1. The Morgan fingerprint density at radius 3 is 2.52 bits per heavy atom. The number of nitrogens with zero attached hydrogens (tertiary/aromatic N) is 1. The van der Waals surface area contributed by atoms with E-state index >= 15 is 0 Å². The lowest BCUT2D eigenvalue weighted by molar-refractivity contribution is 0.0696. The summed E-state index contributed by atoms with van der Waals surface area (Å²) in [7, 11) is -3.67. The molecular formula is C14H20N2O4S. The second-order valence-corrected chi connectivity index (χ2v) is 7.13. The summed E-state index contributed by atoms with van der Waals surface area (Å²) in [5, 5.41) is 9.06. The second kappa shape index (κ2) is 6.13. The molecule has 1 fully saturated rings. The van der Waals surface area contributed by atoms with Crippen LogP contribution in [0.25, 0.3) is 0 Å². The third kappa shape index (κ3) is 3.25. The van der Waals surface area contributed by atoms with E-state index in [1.807, 2.05) is 6.92 Å². The largest absolute Gasteiger partial charge is 0.478 e. The number of carboxylic acid groups (broad SMARTS) is 1. The number of piperidine rings is 1. The van der Waals surface area contributed by atoms with Crippen molar-refractivity contribution in [2.24, 2.45) is 5.73 Å². The number of sulfonamides is 1. The molecule has 1 aromatic rings. The van der Waals surface area contributed by atoms with Gasteiger partial charge in [0, 0.05) is 19.1 Å². The van der Waals surface area contributed by atoms with E-state index < -0.39 is 16.0 Å². The Balaban J connectivity index is 2.43. The van der Waals surface area contributed by atoms with Gasteiger partial charge in [-0.25, -0.2) is 13.2 Å². The Hall–Kier alpha value is -1.44. The van der Waals surface area contributed by atoms with Gasteiger partial charge >= 0.3 is 5.97 Å². The van der Waals surface area contributed by atoms with Gasteiger partial charge in [-0.3, -0.25) is 0 Å². The summed E-state index contributed by atoms with van der Waals surface area (Å²) < 4.78 is 26.9. The highest BCUT2D eigenvalue weighted by atomic mass is 32.2. The van der Waals surface area contributed by atoms with Crippen LogP contribution in [0.3, 0.4) is 0 Å². The minimum Gasteiger partial charge on any atom is -0.478 e. The van der Waals surface area contributed by atoms with Crippen LogP contribution in [0.4, 0.5) is 0 Å². The van der Waals surface area contributed by atoms with Crippen LogP contribution in [-0.2, 0) is 16.4 Å². The van der Waals surface area contributed by atoms with Gasteiger partial charge < -0.3 is 10.8 Å². The first-order valence-electron chi connectivity index (χ1n) is 6.98. The molecule has 0 bridgehead atoms. The molecule has 6 nitrogen and oxygen atoms in total. The summed E-state index contributed by atoms with van der Waals surface area (Å²) in [4.78, 5) is 11.2. The smallest absolute Gasteiger partial charge is 0.335 e. The number of aromatic carboxylic acids is 1. The third-order valence-corrected chi connectivity index (χ3v) is 5.79. The van der Waals surface area contributed by atoms with E-state index in [2.05, 4.69) is 0 Å². The standard InChI is InChI=1S/C14H20N2O4S/c1-2-10-3-4-11(14(17)18)9-13(10)21(19,20)16-7-5-12(15)6-8-16/h3-4,9,12H,2,5-8,15H2,1H3,(H,17,18). The van der Waals surface area contributed by atoms with Gasteiger partial charge in [-0.15, -0.1) is 0 Å². The van der Waals surface area contributed by atoms with E-state index in [0.29, 0.717) is 37.9 Å². The molecule has 0 radical (unpaired) electrons. The lowest BCUT2D eigenvalue weighted by atomic mass is 10.1. The molecule has 0 aromatic heterocycles. The summed E-state index contributed by atoms with van der Waals surface area (Å²) in [5.41, 5.74) is 6.42. The van der Waals surface area contributed by atoms with Crippen molar-refractivity contribution in [1.29, 1.82) is 0 Å². The third-order valence-electron chi connectivity index (χ3n) is 3.81. The Kier molecular flexibility index (Phi) is 4.65. The fraction of sp³-hybridized carbons (Fsp3) is 0.500. The van der Waals surface area contributed by atoms with Gasteiger partial charge in [0.05, 0.1) is 10.5 Å². The molecule has 0 atom stereocenters. The molecule has 1 aliphatic heterocycles. The van der Waals surface area contributed by atoms with Gasteiger partial charge in [-0.05, 0) is 37.0 Å². The molecule has 1 saturated heterocycles. The zero-order chi connectivity index (χ0) is 15.6. The van der Waals surface area contributed by atoms with E-state index in [9.17, 15) is 13.2 Å². The van der Waals surface area contributed by atoms with Gasteiger partial charge in [0.15, 0.2) is 0 Å². The van der Waals surface area contributed by atoms with Gasteiger partial charge in [0.1, 0.15) is 0 Å². The first-order valence-corrected chi connectivity index (χ1v) is 8.42. The summed E-state index contributed by atoms with van der Waals surface area (Å²) in [6.45, 7) is 2.61. The van der Waals surface area contributed by atoms with Gasteiger partial charge in [-0.2, -0.15) is 4.31 Å². The van der Waals surface area contributed by atoms with E-state index in [-0.39, 0.29) is 16.5 Å². The minimum atomic E-state index is -3.67. The Labute approximate surface area is 124 Å². The molecule has 21 heavy (non-hydrogen) atoms. The molecule has 0 amide bonds. The van der Waals surface area contributed by atoms with Crippen molar-refractivity contribution in [2.75, 3.05) is 13.1 Å². The molecule has 1 heterocycles. The first kappa shape index (κ1) is 15.9. The van der Waals surface area contributed by atoms with Crippen LogP contribution in [0.1, 0.15) is 35.7 Å². The zero-order valence-corrected chi connectivity index (χ0v) is 12.8. The van der Waals surface area contributed by atoms with Crippen LogP contribution < -0.4 is 5.73 Å². The van der Waals surface area contributed by atoms with Crippen molar-refractivity contribution in [3.8, 4) is 0 Å². The maximum Gasteiger partial charge on any atom is 0.335 e. The zero-order valence-electron chi connectivity index (χ0n) is 11.9. The van der Waals surface area contributed by atoms with E-state index in [0.717, 1.165) is 0 Å². The summed E-state index contributed by atoms with van der Waals surface area (Å²) in [6.07, 6.45) is 1.78. The number of carbonyl (C=O) groups is 1. The average molecular weight is 312 g/mol. The lowest BCUT2D eigenvalue weighted by Crippen LogP contribution is -2.43. The molecule has 0 saturated carbocycles. The molecule has 2 rings (SSSR count). The molecule has 0 spiro atoms. The fourth-order valence-corrected chi connectivity index (χ4v) is 4.26. The maximum atomic E-state index is 12.7. The van der Waals surface area contributed by atoms with Crippen molar-refractivity contribution >= 4 is 16.0 Å². The number of aryl methyl sites for hydroxylation is 1. The Morgan fingerprint density at radius 1 is 1.38 bits per heavy atom. The van der Waals surface area contributed by atoms with Crippen LogP contribution >= 0.6 is 0 Å². The highest BCUT2D eigenvalue weighted by molar-refractivity contribution is 7.89. The SMILES string of the molecule is CCc1ccc(C(=O)O)cc1S(=O)(=O)N1CCC(N)CC1. The Morgan fingerprint density at radius 2 is 2.00 bits per heavy atom. The summed E-state index contributed by atoms with van der Waals surface area (Å²) in [5.74, 6) is -1.13. The van der Waals surface area contributed by atoms with Crippen molar-refractivity contribution in [3.05, 3.63) is 29.3 Å². The van der Waals surface area contributed by atoms with Gasteiger partial charge in [0.2, 0.25) is 10.0 Å². The minimum absolute atomic E-state index is 0.0144. The van der Waals surface area contributed by atoms with Crippen LogP contribution in [-0.4, -0.2) is 42.9 Å². The average Bonchev–Trinajstić information content (AvgIpc) is 2.46. The lowest BCUT2D eigenvalue weighted by Gasteiger charge is -2.30. The van der Waals surface area contributed by atoms with Crippen molar-refractivity contribution in [3.63, 3.8) is 0 Å². The van der Waals surface area contributed by atoms with E-state index in [1.54, 1.807) is 6.07 Å². The van der Waals surface area contributed by atoms with Gasteiger partial charge in [0.25, 0.3) is 0 Å². The molecule has 0 aliphatic carbocycles. The second-order valence-electron chi connectivity index (χ2n) is 5.22. The number of rotatable bonds is 4. The number of carboxylic acids is 1. The summed E-state index contributed by atoms with van der Waals surface area (Å²) in [6, 6.07) is 4.30. The first-order chi connectivity index (χ1) is 9.86. The quantitative estimate of drug-likeness (QED) is 0.865.